The molecule has 0 fully saturated rings. The number of aromatic nitrogens is 2. The van der Waals surface area contributed by atoms with Crippen LogP contribution in [-0.2, 0) is 7.05 Å². The Balaban J connectivity index is 2.17. The Kier molecular flexibility index (Phi) is 2.42. The summed E-state index contributed by atoms with van der Waals surface area (Å²) in [5.74, 6) is -0.183. The van der Waals surface area contributed by atoms with Crippen LogP contribution in [0.1, 0.15) is 5.56 Å². The topological polar surface area (TPSA) is 8.29 Å². The molecular formula is C23H16FN2+. The third-order valence-electron chi connectivity index (χ3n) is 5.72. The average Bonchev–Trinajstić information content (AvgIpc) is 2.98. The van der Waals surface area contributed by atoms with Gasteiger partial charge < -0.3 is 4.40 Å². The van der Waals surface area contributed by atoms with Crippen molar-refractivity contribution in [3.8, 4) is 0 Å². The van der Waals surface area contributed by atoms with Gasteiger partial charge >= 0.3 is 0 Å². The largest absolute Gasteiger partial charge is 0.307 e. The van der Waals surface area contributed by atoms with E-state index in [0.717, 1.165) is 16.4 Å². The first kappa shape index (κ1) is 14.0. The van der Waals surface area contributed by atoms with E-state index in [9.17, 15) is 4.39 Å². The van der Waals surface area contributed by atoms with Crippen LogP contribution in [0.2, 0.25) is 0 Å². The third-order valence-corrected chi connectivity index (χ3v) is 5.72. The van der Waals surface area contributed by atoms with Crippen LogP contribution in [0.5, 0.6) is 0 Å². The van der Waals surface area contributed by atoms with Crippen LogP contribution in [0.3, 0.4) is 0 Å². The molecular weight excluding hydrogens is 323 g/mol. The Bertz CT molecular complexity index is 1510. The molecule has 0 N–H and O–H groups in total. The summed E-state index contributed by atoms with van der Waals surface area (Å²) in [6.45, 7) is 2.14. The third kappa shape index (κ3) is 1.46. The zero-order valence-electron chi connectivity index (χ0n) is 14.5. The van der Waals surface area contributed by atoms with Crippen molar-refractivity contribution in [3.05, 3.63) is 72.2 Å². The predicted octanol–water partition coefficient (Wildman–Crippen LogP) is 5.26. The summed E-state index contributed by atoms with van der Waals surface area (Å²) in [4.78, 5) is 0. The fourth-order valence-corrected chi connectivity index (χ4v) is 4.66. The molecule has 3 aromatic carbocycles. The fraction of sp³-hybridized carbons (Fsp3) is 0.0870. The van der Waals surface area contributed by atoms with Crippen LogP contribution < -0.4 is 4.57 Å². The van der Waals surface area contributed by atoms with Crippen molar-refractivity contribution in [2.45, 2.75) is 6.92 Å². The van der Waals surface area contributed by atoms with E-state index in [1.807, 2.05) is 23.7 Å². The number of benzene rings is 3. The molecule has 0 aliphatic rings. The molecule has 0 unspecified atom stereocenters. The highest BCUT2D eigenvalue weighted by atomic mass is 19.1. The molecule has 3 heterocycles. The number of halogens is 1. The first-order chi connectivity index (χ1) is 12.7. The minimum atomic E-state index is -0.183. The second kappa shape index (κ2) is 4.50. The van der Waals surface area contributed by atoms with E-state index in [0.29, 0.717) is 5.39 Å². The molecule has 3 heteroatoms. The molecule has 0 aliphatic heterocycles. The lowest BCUT2D eigenvalue weighted by molar-refractivity contribution is -0.645. The molecule has 3 aromatic heterocycles. The second-order valence-corrected chi connectivity index (χ2v) is 7.14. The van der Waals surface area contributed by atoms with E-state index in [2.05, 4.69) is 53.8 Å². The molecule has 6 aromatic rings. The molecule has 0 aliphatic carbocycles. The van der Waals surface area contributed by atoms with Gasteiger partial charge in [-0.1, -0.05) is 42.5 Å². The summed E-state index contributed by atoms with van der Waals surface area (Å²) in [5.41, 5.74) is 5.74. The van der Waals surface area contributed by atoms with Gasteiger partial charge in [-0.3, -0.25) is 0 Å². The van der Waals surface area contributed by atoms with Crippen LogP contribution in [0.15, 0.2) is 60.8 Å². The number of hydrogen-bond donors (Lipinski definition) is 0. The van der Waals surface area contributed by atoms with Gasteiger partial charge in [-0.25, -0.2) is 0 Å². The Hall–Kier alpha value is -3.20. The van der Waals surface area contributed by atoms with Gasteiger partial charge in [-0.2, -0.15) is 8.96 Å². The van der Waals surface area contributed by atoms with Crippen molar-refractivity contribution in [2.75, 3.05) is 0 Å². The van der Waals surface area contributed by atoms with Gasteiger partial charge in [0.15, 0.2) is 5.82 Å². The minimum absolute atomic E-state index is 0.183. The number of fused-ring (bicyclic) bond motifs is 5. The maximum atomic E-state index is 14.7. The molecule has 0 bridgehead atoms. The van der Waals surface area contributed by atoms with Gasteiger partial charge in [0.1, 0.15) is 7.05 Å². The number of nitrogens with zero attached hydrogens (tertiary/aromatic N) is 2. The van der Waals surface area contributed by atoms with Crippen LogP contribution in [0.4, 0.5) is 4.39 Å². The zero-order valence-corrected chi connectivity index (χ0v) is 14.5. The van der Waals surface area contributed by atoms with Crippen LogP contribution in [0.25, 0.3) is 49.0 Å². The van der Waals surface area contributed by atoms with Crippen LogP contribution in [-0.4, -0.2) is 4.40 Å². The Morgan fingerprint density at radius 1 is 0.808 bits per heavy atom. The van der Waals surface area contributed by atoms with Crippen molar-refractivity contribution < 1.29 is 8.96 Å². The molecule has 0 radical (unpaired) electrons. The average molecular weight is 339 g/mol. The normalized spacial score (nSPS) is 12.4. The van der Waals surface area contributed by atoms with E-state index in [4.69, 9.17) is 0 Å². The Labute approximate surface area is 149 Å². The number of hydrogen-bond acceptors (Lipinski definition) is 0. The molecule has 0 saturated heterocycles. The standard InChI is InChI=1S/C23H16FN2/c1-13-10-11-15-14-6-3-4-8-18(14)26-19-9-5-7-16-17(24)12-25(2)23(21(16)19)20(13)22(15)26/h3-12H,1-2H3/q+1. The molecule has 26 heavy (non-hydrogen) atoms. The first-order valence-electron chi connectivity index (χ1n) is 8.81. The Morgan fingerprint density at radius 2 is 1.58 bits per heavy atom. The molecule has 0 spiro atoms. The maximum absolute atomic E-state index is 14.7. The smallest absolute Gasteiger partial charge is 0.224 e. The molecule has 0 saturated carbocycles. The summed E-state index contributed by atoms with van der Waals surface area (Å²) in [6, 6.07) is 18.8. The highest BCUT2D eigenvalue weighted by molar-refractivity contribution is 6.25. The fourth-order valence-electron chi connectivity index (χ4n) is 4.66. The molecule has 2 nitrogen and oxygen atoms in total. The lowest BCUT2D eigenvalue weighted by atomic mass is 10.00. The maximum Gasteiger partial charge on any atom is 0.224 e. The first-order valence-corrected chi connectivity index (χ1v) is 8.81. The van der Waals surface area contributed by atoms with Crippen molar-refractivity contribution in [1.29, 1.82) is 0 Å². The number of para-hydroxylation sites is 1. The summed E-state index contributed by atoms with van der Waals surface area (Å²) in [7, 11) is 1.94. The van der Waals surface area contributed by atoms with E-state index in [-0.39, 0.29) is 5.82 Å². The summed E-state index contributed by atoms with van der Waals surface area (Å²) in [5, 5.41) is 5.34. The Morgan fingerprint density at radius 3 is 2.46 bits per heavy atom. The molecule has 6 rings (SSSR count). The quantitative estimate of drug-likeness (QED) is 0.203. The molecule has 124 valence electrons. The second-order valence-electron chi connectivity index (χ2n) is 7.14. The number of rotatable bonds is 0. The molecule has 0 atom stereocenters. The summed E-state index contributed by atoms with van der Waals surface area (Å²) < 4.78 is 19.0. The highest BCUT2D eigenvalue weighted by Gasteiger charge is 2.24. The van der Waals surface area contributed by atoms with Gasteiger partial charge in [0.2, 0.25) is 11.7 Å². The molecule has 0 amide bonds. The van der Waals surface area contributed by atoms with Gasteiger partial charge in [-0.05, 0) is 24.6 Å². The number of pyridine rings is 2. The summed E-state index contributed by atoms with van der Waals surface area (Å²) >= 11 is 0. The predicted molar refractivity (Wildman–Crippen MR) is 104 cm³/mol. The zero-order chi connectivity index (χ0) is 17.6. The van der Waals surface area contributed by atoms with Crippen molar-refractivity contribution in [1.82, 2.24) is 4.40 Å². The van der Waals surface area contributed by atoms with Crippen LogP contribution >= 0.6 is 0 Å². The van der Waals surface area contributed by atoms with Gasteiger partial charge in [-0.15, -0.1) is 0 Å². The minimum Gasteiger partial charge on any atom is -0.307 e. The van der Waals surface area contributed by atoms with E-state index >= 15 is 0 Å². The number of aryl methyl sites for hydroxylation is 2. The lowest BCUT2D eigenvalue weighted by Crippen LogP contribution is -2.30. The van der Waals surface area contributed by atoms with Crippen LogP contribution in [0, 0.1) is 12.7 Å². The van der Waals surface area contributed by atoms with Crippen molar-refractivity contribution >= 4 is 49.0 Å². The van der Waals surface area contributed by atoms with E-state index in [1.165, 1.54) is 32.8 Å². The monoisotopic (exact) mass is 339 g/mol. The van der Waals surface area contributed by atoms with Crippen molar-refractivity contribution in [3.63, 3.8) is 0 Å². The highest BCUT2D eigenvalue weighted by Crippen LogP contribution is 2.40. The summed E-state index contributed by atoms with van der Waals surface area (Å²) in [6.07, 6.45) is 1.60. The van der Waals surface area contributed by atoms with Gasteiger partial charge in [0, 0.05) is 16.2 Å². The lowest BCUT2D eigenvalue weighted by Gasteiger charge is -2.12. The van der Waals surface area contributed by atoms with Gasteiger partial charge in [0.25, 0.3) is 0 Å². The van der Waals surface area contributed by atoms with E-state index in [1.54, 1.807) is 6.20 Å². The van der Waals surface area contributed by atoms with E-state index < -0.39 is 0 Å². The van der Waals surface area contributed by atoms with Crippen molar-refractivity contribution in [2.24, 2.45) is 7.05 Å². The SMILES string of the molecule is Cc1ccc2c3ccccc3n3c4cccc5c(F)c[n+](C)c(c1c23)c54. The van der Waals surface area contributed by atoms with Gasteiger partial charge in [0.05, 0.1) is 27.3 Å².